The summed E-state index contributed by atoms with van der Waals surface area (Å²) in [6, 6.07) is 0. The zero-order valence-corrected chi connectivity index (χ0v) is 12.6. The van der Waals surface area contributed by atoms with Crippen LogP contribution in [0.2, 0.25) is 0 Å². The Hall–Kier alpha value is -0.790. The first kappa shape index (κ1) is 17.2. The number of unbranched alkanes of at least 4 members (excludes halogenated alkanes) is 2. The first-order valence-corrected chi connectivity index (χ1v) is 7.37. The predicted molar refractivity (Wildman–Crippen MR) is 77.5 cm³/mol. The second kappa shape index (κ2) is 11.3. The van der Waals surface area contributed by atoms with E-state index >= 15 is 0 Å². The normalized spacial score (nSPS) is 11.9. The van der Waals surface area contributed by atoms with Crippen LogP contribution in [-0.2, 0) is 9.53 Å². The van der Waals surface area contributed by atoms with Crippen LogP contribution in [0.1, 0.15) is 72.6 Å². The van der Waals surface area contributed by atoms with Crippen LogP contribution in [0.5, 0.6) is 0 Å². The maximum absolute atomic E-state index is 11.4. The van der Waals surface area contributed by atoms with E-state index in [1.165, 1.54) is 12.0 Å². The van der Waals surface area contributed by atoms with Crippen LogP contribution >= 0.6 is 0 Å². The third kappa shape index (κ3) is 11.7. The highest BCUT2D eigenvalue weighted by molar-refractivity contribution is 5.69. The Morgan fingerprint density at radius 2 is 1.94 bits per heavy atom. The van der Waals surface area contributed by atoms with Gasteiger partial charge in [0.1, 0.15) is 0 Å². The van der Waals surface area contributed by atoms with Gasteiger partial charge in [0.2, 0.25) is 0 Å². The Bertz CT molecular complexity index is 241. The monoisotopic (exact) mass is 254 g/mol. The van der Waals surface area contributed by atoms with Gasteiger partial charge in [-0.05, 0) is 32.1 Å². The van der Waals surface area contributed by atoms with Gasteiger partial charge in [-0.15, -0.1) is 0 Å². The molecule has 0 unspecified atom stereocenters. The van der Waals surface area contributed by atoms with Gasteiger partial charge in [-0.2, -0.15) is 0 Å². The van der Waals surface area contributed by atoms with Gasteiger partial charge in [-0.1, -0.05) is 45.3 Å². The topological polar surface area (TPSA) is 26.3 Å². The van der Waals surface area contributed by atoms with E-state index in [0.717, 1.165) is 38.0 Å². The Morgan fingerprint density at radius 3 is 2.56 bits per heavy atom. The van der Waals surface area contributed by atoms with Crippen LogP contribution in [-0.4, -0.2) is 12.6 Å². The van der Waals surface area contributed by atoms with Crippen molar-refractivity contribution in [1.82, 2.24) is 0 Å². The number of esters is 1. The molecule has 0 aliphatic rings. The van der Waals surface area contributed by atoms with Crippen molar-refractivity contribution in [3.05, 3.63) is 11.6 Å². The first-order valence-electron chi connectivity index (χ1n) is 7.37. The standard InChI is InChI=1S/C16H30O2/c1-5-6-7-11-16(17)18-13-12-15(4)10-8-9-14(2)3/h10,14H,5-9,11-13H2,1-4H3/b15-10+. The molecule has 0 spiro atoms. The molecule has 0 bridgehead atoms. The van der Waals surface area contributed by atoms with Crippen molar-refractivity contribution in [2.24, 2.45) is 5.92 Å². The van der Waals surface area contributed by atoms with Crippen LogP contribution < -0.4 is 0 Å². The van der Waals surface area contributed by atoms with Gasteiger partial charge in [0, 0.05) is 12.8 Å². The van der Waals surface area contributed by atoms with Gasteiger partial charge < -0.3 is 4.74 Å². The largest absolute Gasteiger partial charge is 0.465 e. The first-order chi connectivity index (χ1) is 8.56. The lowest BCUT2D eigenvalue weighted by Gasteiger charge is -2.06. The summed E-state index contributed by atoms with van der Waals surface area (Å²) >= 11 is 0. The Morgan fingerprint density at radius 1 is 1.22 bits per heavy atom. The maximum Gasteiger partial charge on any atom is 0.305 e. The highest BCUT2D eigenvalue weighted by Crippen LogP contribution is 2.09. The molecule has 0 aromatic carbocycles. The van der Waals surface area contributed by atoms with Crippen LogP contribution in [0, 0.1) is 5.92 Å². The molecule has 106 valence electrons. The summed E-state index contributed by atoms with van der Waals surface area (Å²) in [5.41, 5.74) is 1.33. The quantitative estimate of drug-likeness (QED) is 0.315. The fraction of sp³-hybridized carbons (Fsp3) is 0.812. The van der Waals surface area contributed by atoms with E-state index in [1.54, 1.807) is 0 Å². The highest BCUT2D eigenvalue weighted by Gasteiger charge is 2.02. The van der Waals surface area contributed by atoms with E-state index in [-0.39, 0.29) is 5.97 Å². The number of carbonyl (C=O) groups excluding carboxylic acids is 1. The lowest BCUT2D eigenvalue weighted by molar-refractivity contribution is -0.143. The van der Waals surface area contributed by atoms with Crippen molar-refractivity contribution < 1.29 is 9.53 Å². The molecule has 0 aromatic heterocycles. The number of carbonyl (C=O) groups is 1. The smallest absolute Gasteiger partial charge is 0.305 e. The minimum atomic E-state index is -0.0431. The highest BCUT2D eigenvalue weighted by atomic mass is 16.5. The van der Waals surface area contributed by atoms with Crippen LogP contribution in [0.15, 0.2) is 11.6 Å². The summed E-state index contributed by atoms with van der Waals surface area (Å²) in [5.74, 6) is 0.712. The van der Waals surface area contributed by atoms with Crippen molar-refractivity contribution in [3.63, 3.8) is 0 Å². The second-order valence-electron chi connectivity index (χ2n) is 5.45. The molecule has 0 amide bonds. The molecule has 2 heteroatoms. The summed E-state index contributed by atoms with van der Waals surface area (Å²) < 4.78 is 5.21. The Balaban J connectivity index is 3.54. The van der Waals surface area contributed by atoms with Gasteiger partial charge in [0.05, 0.1) is 6.61 Å². The van der Waals surface area contributed by atoms with E-state index in [2.05, 4.69) is 33.8 Å². The summed E-state index contributed by atoms with van der Waals surface area (Å²) in [6.07, 6.45) is 9.29. The van der Waals surface area contributed by atoms with Crippen molar-refractivity contribution in [2.45, 2.75) is 72.6 Å². The molecule has 0 aliphatic heterocycles. The predicted octanol–water partition coefficient (Wildman–Crippen LogP) is 4.88. The molecule has 0 radical (unpaired) electrons. The van der Waals surface area contributed by atoms with E-state index in [0.29, 0.717) is 13.0 Å². The molecule has 0 aromatic rings. The average molecular weight is 254 g/mol. The number of ether oxygens (including phenoxy) is 1. The van der Waals surface area contributed by atoms with E-state index < -0.39 is 0 Å². The Labute approximate surface area is 113 Å². The number of rotatable bonds is 10. The van der Waals surface area contributed by atoms with Gasteiger partial charge in [-0.25, -0.2) is 0 Å². The molecule has 0 fully saturated rings. The minimum Gasteiger partial charge on any atom is -0.465 e. The molecule has 0 atom stereocenters. The number of hydrogen-bond acceptors (Lipinski definition) is 2. The molecule has 0 aliphatic carbocycles. The molecule has 2 nitrogen and oxygen atoms in total. The molecule has 0 rings (SSSR count). The van der Waals surface area contributed by atoms with Crippen LogP contribution in [0.3, 0.4) is 0 Å². The molecular formula is C16H30O2. The van der Waals surface area contributed by atoms with E-state index in [4.69, 9.17) is 4.74 Å². The van der Waals surface area contributed by atoms with Gasteiger partial charge in [0.15, 0.2) is 0 Å². The zero-order valence-electron chi connectivity index (χ0n) is 12.6. The lowest BCUT2D eigenvalue weighted by atomic mass is 10.1. The molecular weight excluding hydrogens is 224 g/mol. The van der Waals surface area contributed by atoms with E-state index in [9.17, 15) is 4.79 Å². The summed E-state index contributed by atoms with van der Waals surface area (Å²) in [7, 11) is 0. The average Bonchev–Trinajstić information content (AvgIpc) is 2.29. The second-order valence-corrected chi connectivity index (χ2v) is 5.45. The van der Waals surface area contributed by atoms with Crippen molar-refractivity contribution >= 4 is 5.97 Å². The molecule has 0 N–H and O–H groups in total. The van der Waals surface area contributed by atoms with Crippen molar-refractivity contribution in [3.8, 4) is 0 Å². The van der Waals surface area contributed by atoms with Crippen molar-refractivity contribution in [1.29, 1.82) is 0 Å². The number of hydrogen-bond donors (Lipinski definition) is 0. The summed E-state index contributed by atoms with van der Waals surface area (Å²) in [4.78, 5) is 11.4. The van der Waals surface area contributed by atoms with Crippen LogP contribution in [0.4, 0.5) is 0 Å². The lowest BCUT2D eigenvalue weighted by Crippen LogP contribution is -2.05. The van der Waals surface area contributed by atoms with E-state index in [1.807, 2.05) is 0 Å². The maximum atomic E-state index is 11.4. The van der Waals surface area contributed by atoms with Crippen LogP contribution in [0.25, 0.3) is 0 Å². The summed E-state index contributed by atoms with van der Waals surface area (Å²) in [6.45, 7) is 9.26. The fourth-order valence-corrected chi connectivity index (χ4v) is 1.68. The van der Waals surface area contributed by atoms with Crippen molar-refractivity contribution in [2.75, 3.05) is 6.61 Å². The Kier molecular flexibility index (Phi) is 10.8. The van der Waals surface area contributed by atoms with Gasteiger partial charge in [-0.3, -0.25) is 4.79 Å². The molecule has 18 heavy (non-hydrogen) atoms. The molecule has 0 saturated carbocycles. The third-order valence-electron chi connectivity index (χ3n) is 2.98. The SMILES string of the molecule is CCCCCC(=O)OCC/C(C)=C/CCC(C)C. The van der Waals surface area contributed by atoms with Gasteiger partial charge >= 0.3 is 5.97 Å². The third-order valence-corrected chi connectivity index (χ3v) is 2.98. The zero-order chi connectivity index (χ0) is 13.8. The van der Waals surface area contributed by atoms with Gasteiger partial charge in [0.25, 0.3) is 0 Å². The summed E-state index contributed by atoms with van der Waals surface area (Å²) in [5, 5.41) is 0. The fourth-order valence-electron chi connectivity index (χ4n) is 1.68. The molecule has 0 heterocycles. The number of allylic oxidation sites excluding steroid dienone is 1. The minimum absolute atomic E-state index is 0.0431. The molecule has 0 saturated heterocycles.